The predicted octanol–water partition coefficient (Wildman–Crippen LogP) is 4.38. The Morgan fingerprint density at radius 2 is 1.98 bits per heavy atom. The van der Waals surface area contributed by atoms with Crippen LogP contribution in [0.2, 0.25) is 0 Å². The molecular weight excluding hydrogens is 544 g/mol. The van der Waals surface area contributed by atoms with Crippen LogP contribution < -0.4 is 5.32 Å². The zero-order valence-electron chi connectivity index (χ0n) is 24.9. The molecule has 0 radical (unpaired) electrons. The molecule has 2 N–H and O–H groups in total. The molecule has 0 bridgehead atoms. The average molecular weight is 591 g/mol. The number of thioether (sulfide) groups is 1. The first-order chi connectivity index (χ1) is 19.4. The maximum absolute atomic E-state index is 12.4. The van der Waals surface area contributed by atoms with E-state index in [-0.39, 0.29) is 37.1 Å². The number of esters is 1. The zero-order valence-corrected chi connectivity index (χ0v) is 25.7. The van der Waals surface area contributed by atoms with Crippen LogP contribution in [0.1, 0.15) is 70.4 Å². The smallest absolute Gasteiger partial charge is 0.408 e. The van der Waals surface area contributed by atoms with Crippen LogP contribution in [-0.4, -0.2) is 82.7 Å². The van der Waals surface area contributed by atoms with Gasteiger partial charge in [0.15, 0.2) is 5.78 Å². The second-order valence-corrected chi connectivity index (χ2v) is 12.5. The summed E-state index contributed by atoms with van der Waals surface area (Å²) in [7, 11) is 0. The van der Waals surface area contributed by atoms with Crippen molar-refractivity contribution in [3.63, 3.8) is 0 Å². The number of nitrogens with one attached hydrogen (secondary N) is 1. The number of carbonyl (C=O) groups is 4. The van der Waals surface area contributed by atoms with Crippen molar-refractivity contribution in [2.75, 3.05) is 31.2 Å². The van der Waals surface area contributed by atoms with Gasteiger partial charge in [-0.2, -0.15) is 11.8 Å². The van der Waals surface area contributed by atoms with E-state index in [2.05, 4.69) is 11.4 Å². The van der Waals surface area contributed by atoms with E-state index in [1.807, 2.05) is 42.2 Å². The van der Waals surface area contributed by atoms with Gasteiger partial charge in [0.05, 0.1) is 31.7 Å². The van der Waals surface area contributed by atoms with Crippen LogP contribution in [0.5, 0.6) is 0 Å². The SMILES string of the molecule is Cc1cccc(C[C@H](O)/C=C/[C@H]2CCC(=O)N2CCSCCCCOC(=O)CCC(=O)CNC(=O)OC(C)(C)C)c1. The Bertz CT molecular complexity index is 1040. The number of ether oxygens (including phenoxy) is 2. The third kappa shape index (κ3) is 15.1. The average Bonchev–Trinajstić information content (AvgIpc) is 3.24. The summed E-state index contributed by atoms with van der Waals surface area (Å²) in [5.41, 5.74) is 1.62. The summed E-state index contributed by atoms with van der Waals surface area (Å²) < 4.78 is 10.3. The number of aliphatic hydroxyl groups excluding tert-OH is 1. The molecule has 1 aliphatic heterocycles. The van der Waals surface area contributed by atoms with Crippen molar-refractivity contribution in [3.8, 4) is 0 Å². The molecule has 1 aromatic carbocycles. The molecule has 1 aromatic rings. The van der Waals surface area contributed by atoms with Crippen molar-refractivity contribution in [3.05, 3.63) is 47.5 Å². The summed E-state index contributed by atoms with van der Waals surface area (Å²) in [5, 5.41) is 12.8. The highest BCUT2D eigenvalue weighted by atomic mass is 32.2. The molecule has 0 spiro atoms. The van der Waals surface area contributed by atoms with Gasteiger partial charge in [-0.1, -0.05) is 42.0 Å². The van der Waals surface area contributed by atoms with E-state index in [1.54, 1.807) is 32.5 Å². The lowest BCUT2D eigenvalue weighted by atomic mass is 10.0. The van der Waals surface area contributed by atoms with Crippen LogP contribution in [0, 0.1) is 6.92 Å². The van der Waals surface area contributed by atoms with E-state index >= 15 is 0 Å². The number of Topliss-reactive ketones (excluding diaryl/α,β-unsaturated/α-hetero) is 1. The molecule has 0 unspecified atom stereocenters. The van der Waals surface area contributed by atoms with Crippen molar-refractivity contribution in [1.29, 1.82) is 0 Å². The number of aryl methyl sites for hydroxylation is 1. The zero-order chi connectivity index (χ0) is 30.3. The van der Waals surface area contributed by atoms with Crippen molar-refractivity contribution in [2.45, 2.75) is 90.4 Å². The van der Waals surface area contributed by atoms with Gasteiger partial charge in [0, 0.05) is 31.6 Å². The number of amides is 2. The van der Waals surface area contributed by atoms with Crippen molar-refractivity contribution in [2.24, 2.45) is 0 Å². The molecule has 10 heteroatoms. The van der Waals surface area contributed by atoms with Gasteiger partial charge in [-0.25, -0.2) is 4.79 Å². The first-order valence-electron chi connectivity index (χ1n) is 14.4. The number of hydrogen-bond acceptors (Lipinski definition) is 8. The Balaban J connectivity index is 1.53. The minimum absolute atomic E-state index is 0.00156. The topological polar surface area (TPSA) is 122 Å². The summed E-state index contributed by atoms with van der Waals surface area (Å²) >= 11 is 1.76. The van der Waals surface area contributed by atoms with Gasteiger partial charge in [0.2, 0.25) is 5.91 Å². The van der Waals surface area contributed by atoms with Gasteiger partial charge in [-0.05, 0) is 58.3 Å². The second kappa shape index (κ2) is 17.9. The number of unbranched alkanes of at least 4 members (excludes halogenated alkanes) is 1. The molecule has 9 nitrogen and oxygen atoms in total. The number of ketones is 1. The third-order valence-corrected chi connectivity index (χ3v) is 7.37. The lowest BCUT2D eigenvalue weighted by Gasteiger charge is -2.22. The van der Waals surface area contributed by atoms with Gasteiger partial charge in [0.25, 0.3) is 0 Å². The molecule has 1 aliphatic rings. The van der Waals surface area contributed by atoms with Gasteiger partial charge in [-0.3, -0.25) is 14.4 Å². The van der Waals surface area contributed by atoms with E-state index in [4.69, 9.17) is 9.47 Å². The fraction of sp³-hybridized carbons (Fsp3) is 0.613. The number of rotatable bonds is 17. The predicted molar refractivity (Wildman–Crippen MR) is 161 cm³/mol. The number of alkyl carbamates (subject to hydrolysis) is 1. The first kappa shape index (κ1) is 34.4. The summed E-state index contributed by atoms with van der Waals surface area (Å²) in [6, 6.07) is 8.13. The minimum Gasteiger partial charge on any atom is -0.466 e. The number of aliphatic hydroxyl groups is 1. The number of nitrogens with zero attached hydrogens (tertiary/aromatic N) is 1. The molecule has 0 aromatic heterocycles. The standard InChI is InChI=1S/C31H46N2O7S/c1-23-8-7-9-24(20-23)21-26(34)12-10-25-11-14-28(36)33(25)16-19-41-18-6-5-17-39-29(37)15-13-27(35)22-32-30(38)40-31(2,3)4/h7-10,12,20,25-26,34H,5-6,11,13-19,21-22H2,1-4H3,(H,32,38)/b12-10+/t25-,26+/m0/s1. The number of likely N-dealkylation sites (tertiary alicyclic amines) is 1. The molecule has 41 heavy (non-hydrogen) atoms. The number of benzene rings is 1. The Morgan fingerprint density at radius 1 is 1.20 bits per heavy atom. The van der Waals surface area contributed by atoms with E-state index < -0.39 is 23.8 Å². The van der Waals surface area contributed by atoms with E-state index in [9.17, 15) is 24.3 Å². The van der Waals surface area contributed by atoms with Gasteiger partial charge >= 0.3 is 12.1 Å². The Hall–Kier alpha value is -2.85. The molecule has 1 saturated heterocycles. The van der Waals surface area contributed by atoms with Gasteiger partial charge in [0.1, 0.15) is 5.60 Å². The monoisotopic (exact) mass is 590 g/mol. The lowest BCUT2D eigenvalue weighted by Crippen LogP contribution is -2.35. The quantitative estimate of drug-likeness (QED) is 0.156. The van der Waals surface area contributed by atoms with Gasteiger partial charge in [-0.15, -0.1) is 0 Å². The normalized spacial score (nSPS) is 16.2. The Kier molecular flexibility index (Phi) is 15.0. The minimum atomic E-state index is -0.667. The van der Waals surface area contributed by atoms with E-state index in [0.717, 1.165) is 36.3 Å². The summed E-state index contributed by atoms with van der Waals surface area (Å²) in [5.74, 6) is 1.17. The van der Waals surface area contributed by atoms with E-state index in [0.29, 0.717) is 26.0 Å². The van der Waals surface area contributed by atoms with Crippen LogP contribution in [0.3, 0.4) is 0 Å². The molecule has 0 saturated carbocycles. The van der Waals surface area contributed by atoms with E-state index in [1.165, 1.54) is 5.56 Å². The highest BCUT2D eigenvalue weighted by Gasteiger charge is 2.28. The van der Waals surface area contributed by atoms with Crippen molar-refractivity contribution in [1.82, 2.24) is 10.2 Å². The molecule has 1 fully saturated rings. The molecule has 2 amide bonds. The van der Waals surface area contributed by atoms with Crippen LogP contribution >= 0.6 is 11.8 Å². The largest absolute Gasteiger partial charge is 0.466 e. The third-order valence-electron chi connectivity index (χ3n) is 6.32. The van der Waals surface area contributed by atoms with Crippen LogP contribution in [0.4, 0.5) is 4.79 Å². The van der Waals surface area contributed by atoms with Crippen LogP contribution in [0.15, 0.2) is 36.4 Å². The molecule has 0 aliphatic carbocycles. The molecule has 2 atom stereocenters. The van der Waals surface area contributed by atoms with Crippen LogP contribution in [-0.2, 0) is 30.3 Å². The second-order valence-electron chi connectivity index (χ2n) is 11.3. The molecule has 1 heterocycles. The van der Waals surface area contributed by atoms with Crippen molar-refractivity contribution < 1.29 is 33.8 Å². The Labute approximate surface area is 248 Å². The summed E-state index contributed by atoms with van der Waals surface area (Å²) in [6.07, 6.45) is 5.96. The maximum atomic E-state index is 12.4. The molecule has 228 valence electrons. The van der Waals surface area contributed by atoms with Crippen molar-refractivity contribution >= 4 is 35.5 Å². The Morgan fingerprint density at radius 3 is 2.71 bits per heavy atom. The number of hydrogen-bond donors (Lipinski definition) is 2. The highest BCUT2D eigenvalue weighted by molar-refractivity contribution is 7.99. The summed E-state index contributed by atoms with van der Waals surface area (Å²) in [4.78, 5) is 49.6. The maximum Gasteiger partial charge on any atom is 0.408 e. The van der Waals surface area contributed by atoms with Gasteiger partial charge < -0.3 is 24.8 Å². The summed E-state index contributed by atoms with van der Waals surface area (Å²) in [6.45, 7) is 8.01. The lowest BCUT2D eigenvalue weighted by molar-refractivity contribution is -0.144. The number of carbonyl (C=O) groups excluding carboxylic acids is 4. The molecular formula is C31H46N2O7S. The first-order valence-corrected chi connectivity index (χ1v) is 15.5. The fourth-order valence-electron chi connectivity index (χ4n) is 4.30. The van der Waals surface area contributed by atoms with Crippen LogP contribution in [0.25, 0.3) is 0 Å². The highest BCUT2D eigenvalue weighted by Crippen LogP contribution is 2.21. The fourth-order valence-corrected chi connectivity index (χ4v) is 5.23. The molecule has 2 rings (SSSR count).